The van der Waals surface area contributed by atoms with E-state index in [1.165, 1.54) is 0 Å². The number of carbonyl (C=O) groups excluding carboxylic acids is 1. The second-order valence-corrected chi connectivity index (χ2v) is 6.89. The van der Waals surface area contributed by atoms with Crippen molar-refractivity contribution in [2.24, 2.45) is 0 Å². The van der Waals surface area contributed by atoms with Gasteiger partial charge in [0.1, 0.15) is 13.2 Å². The molecule has 0 fully saturated rings. The first-order valence-electron chi connectivity index (χ1n) is 9.71. The van der Waals surface area contributed by atoms with Crippen LogP contribution in [0.25, 0.3) is 0 Å². The highest BCUT2D eigenvalue weighted by molar-refractivity contribution is 5.91. The van der Waals surface area contributed by atoms with Crippen LogP contribution in [0.4, 0.5) is 5.69 Å². The molecule has 162 valence electrons. The average molecular weight is 416 g/mol. The Bertz CT molecular complexity index is 886. The summed E-state index contributed by atoms with van der Waals surface area (Å²) in [5.41, 5.74) is 1.64. The summed E-state index contributed by atoms with van der Waals surface area (Å²) in [5.74, 6) is 3.07. The van der Waals surface area contributed by atoms with Gasteiger partial charge in [-0.15, -0.1) is 0 Å². The van der Waals surface area contributed by atoms with Gasteiger partial charge in [0.15, 0.2) is 23.0 Å². The third-order valence-electron chi connectivity index (χ3n) is 4.77. The molecule has 1 aliphatic heterocycles. The Labute approximate surface area is 176 Å². The number of nitrogens with zero attached hydrogens (tertiary/aromatic N) is 1. The minimum absolute atomic E-state index is 0.0715. The van der Waals surface area contributed by atoms with Crippen molar-refractivity contribution in [2.45, 2.75) is 13.0 Å². The van der Waals surface area contributed by atoms with Crippen LogP contribution in [0.2, 0.25) is 0 Å². The first-order chi connectivity index (χ1) is 14.5. The number of nitrogens with one attached hydrogen (secondary N) is 1. The van der Waals surface area contributed by atoms with E-state index in [4.69, 9.17) is 23.7 Å². The standard InChI is InChI=1S/C22H28N2O6/c1-24(14-15-5-7-18(26-2)22(28-4)21(15)27-3)10-9-20(25)23-16-6-8-17-19(13-16)30-12-11-29-17/h5-8,13H,9-12,14H2,1-4H3,(H,23,25). The van der Waals surface area contributed by atoms with Gasteiger partial charge in [-0.05, 0) is 25.2 Å². The van der Waals surface area contributed by atoms with Crippen molar-refractivity contribution in [1.82, 2.24) is 4.90 Å². The molecule has 30 heavy (non-hydrogen) atoms. The molecule has 1 amide bonds. The van der Waals surface area contributed by atoms with E-state index in [2.05, 4.69) is 5.32 Å². The van der Waals surface area contributed by atoms with Gasteiger partial charge in [0.05, 0.1) is 21.3 Å². The van der Waals surface area contributed by atoms with Crippen LogP contribution >= 0.6 is 0 Å². The molecule has 0 bridgehead atoms. The van der Waals surface area contributed by atoms with Gasteiger partial charge in [-0.25, -0.2) is 0 Å². The monoisotopic (exact) mass is 416 g/mol. The first-order valence-corrected chi connectivity index (χ1v) is 9.71. The summed E-state index contributed by atoms with van der Waals surface area (Å²) in [7, 11) is 6.72. The molecule has 2 aromatic rings. The van der Waals surface area contributed by atoms with Gasteiger partial charge in [-0.1, -0.05) is 6.07 Å². The number of amides is 1. The lowest BCUT2D eigenvalue weighted by molar-refractivity contribution is -0.116. The molecule has 2 aromatic carbocycles. The Morgan fingerprint density at radius 2 is 1.73 bits per heavy atom. The van der Waals surface area contributed by atoms with E-state index in [-0.39, 0.29) is 5.91 Å². The van der Waals surface area contributed by atoms with Crippen LogP contribution in [0, 0.1) is 0 Å². The molecule has 0 saturated carbocycles. The number of carbonyl (C=O) groups is 1. The van der Waals surface area contributed by atoms with Crippen LogP contribution < -0.4 is 29.0 Å². The highest BCUT2D eigenvalue weighted by atomic mass is 16.6. The van der Waals surface area contributed by atoms with Crippen molar-refractivity contribution in [2.75, 3.05) is 53.5 Å². The number of hydrogen-bond donors (Lipinski definition) is 1. The van der Waals surface area contributed by atoms with Crippen LogP contribution in [-0.4, -0.2) is 58.9 Å². The van der Waals surface area contributed by atoms with Gasteiger partial charge in [-0.3, -0.25) is 4.79 Å². The topological polar surface area (TPSA) is 78.5 Å². The highest BCUT2D eigenvalue weighted by Gasteiger charge is 2.17. The molecule has 0 aromatic heterocycles. The fourth-order valence-electron chi connectivity index (χ4n) is 3.29. The van der Waals surface area contributed by atoms with Crippen molar-refractivity contribution in [1.29, 1.82) is 0 Å². The van der Waals surface area contributed by atoms with Crippen LogP contribution in [0.15, 0.2) is 30.3 Å². The van der Waals surface area contributed by atoms with E-state index in [0.29, 0.717) is 67.2 Å². The Morgan fingerprint density at radius 1 is 1.00 bits per heavy atom. The molecule has 8 nitrogen and oxygen atoms in total. The lowest BCUT2D eigenvalue weighted by Gasteiger charge is -2.21. The zero-order chi connectivity index (χ0) is 21.5. The molecule has 3 rings (SSSR count). The molecule has 0 radical (unpaired) electrons. The minimum atomic E-state index is -0.0715. The van der Waals surface area contributed by atoms with E-state index in [1.807, 2.05) is 30.1 Å². The minimum Gasteiger partial charge on any atom is -0.493 e. The molecule has 0 unspecified atom stereocenters. The zero-order valence-corrected chi connectivity index (χ0v) is 17.8. The van der Waals surface area contributed by atoms with Crippen LogP contribution in [0.5, 0.6) is 28.7 Å². The molecular weight excluding hydrogens is 388 g/mol. The SMILES string of the molecule is COc1ccc(CN(C)CCC(=O)Nc2ccc3c(c2)OCCO3)c(OC)c1OC. The molecule has 0 spiro atoms. The smallest absolute Gasteiger partial charge is 0.225 e. The summed E-state index contributed by atoms with van der Waals surface area (Å²) >= 11 is 0. The number of benzene rings is 2. The number of rotatable bonds is 9. The summed E-state index contributed by atoms with van der Waals surface area (Å²) in [5, 5.41) is 2.90. The van der Waals surface area contributed by atoms with Gasteiger partial charge in [-0.2, -0.15) is 0 Å². The quantitative estimate of drug-likeness (QED) is 0.673. The van der Waals surface area contributed by atoms with E-state index >= 15 is 0 Å². The Balaban J connectivity index is 1.55. The second-order valence-electron chi connectivity index (χ2n) is 6.89. The summed E-state index contributed by atoms with van der Waals surface area (Å²) < 4.78 is 27.3. The molecule has 1 heterocycles. The Kier molecular flexibility index (Phi) is 7.24. The van der Waals surface area contributed by atoms with Gasteiger partial charge >= 0.3 is 0 Å². The fraction of sp³-hybridized carbons (Fsp3) is 0.409. The maximum atomic E-state index is 12.4. The van der Waals surface area contributed by atoms with Crippen molar-refractivity contribution in [3.8, 4) is 28.7 Å². The Morgan fingerprint density at radius 3 is 2.43 bits per heavy atom. The van der Waals surface area contributed by atoms with Crippen molar-refractivity contribution >= 4 is 11.6 Å². The van der Waals surface area contributed by atoms with Crippen molar-refractivity contribution < 1.29 is 28.5 Å². The third kappa shape index (κ3) is 5.07. The predicted molar refractivity (Wildman–Crippen MR) is 113 cm³/mol. The highest BCUT2D eigenvalue weighted by Crippen LogP contribution is 2.40. The van der Waals surface area contributed by atoms with E-state index < -0.39 is 0 Å². The summed E-state index contributed by atoms with van der Waals surface area (Å²) in [6.07, 6.45) is 0.348. The summed E-state index contributed by atoms with van der Waals surface area (Å²) in [6.45, 7) is 2.22. The van der Waals surface area contributed by atoms with Crippen molar-refractivity contribution in [3.63, 3.8) is 0 Å². The molecule has 1 aliphatic rings. The second kappa shape index (κ2) is 10.1. The zero-order valence-electron chi connectivity index (χ0n) is 17.8. The lowest BCUT2D eigenvalue weighted by atomic mass is 10.1. The maximum absolute atomic E-state index is 12.4. The number of methoxy groups -OCH3 is 3. The lowest BCUT2D eigenvalue weighted by Crippen LogP contribution is -2.24. The molecule has 1 N–H and O–H groups in total. The molecule has 0 saturated heterocycles. The molecular formula is C22H28N2O6. The fourth-order valence-corrected chi connectivity index (χ4v) is 3.29. The van der Waals surface area contributed by atoms with Gasteiger partial charge in [0.25, 0.3) is 0 Å². The van der Waals surface area contributed by atoms with Crippen LogP contribution in [-0.2, 0) is 11.3 Å². The number of ether oxygens (including phenoxy) is 5. The normalized spacial score (nSPS) is 12.4. The maximum Gasteiger partial charge on any atom is 0.225 e. The summed E-state index contributed by atoms with van der Waals surface area (Å²) in [4.78, 5) is 14.4. The molecule has 8 heteroatoms. The first kappa shape index (κ1) is 21.6. The molecule has 0 atom stereocenters. The average Bonchev–Trinajstić information content (AvgIpc) is 2.77. The van der Waals surface area contributed by atoms with E-state index in [9.17, 15) is 4.79 Å². The van der Waals surface area contributed by atoms with E-state index in [1.54, 1.807) is 33.5 Å². The van der Waals surface area contributed by atoms with Gasteiger partial charge < -0.3 is 33.9 Å². The number of fused-ring (bicyclic) bond motifs is 1. The Hall–Kier alpha value is -3.13. The molecule has 0 aliphatic carbocycles. The predicted octanol–water partition coefficient (Wildman–Crippen LogP) is 2.94. The van der Waals surface area contributed by atoms with Gasteiger partial charge in [0, 0.05) is 36.8 Å². The largest absolute Gasteiger partial charge is 0.493 e. The van der Waals surface area contributed by atoms with Crippen LogP contribution in [0.3, 0.4) is 0 Å². The van der Waals surface area contributed by atoms with Crippen molar-refractivity contribution in [3.05, 3.63) is 35.9 Å². The summed E-state index contributed by atoms with van der Waals surface area (Å²) in [6, 6.07) is 9.18. The van der Waals surface area contributed by atoms with E-state index in [0.717, 1.165) is 5.56 Å². The number of hydrogen-bond acceptors (Lipinski definition) is 7. The third-order valence-corrected chi connectivity index (χ3v) is 4.77. The van der Waals surface area contributed by atoms with Gasteiger partial charge in [0.2, 0.25) is 11.7 Å². The van der Waals surface area contributed by atoms with Crippen LogP contribution in [0.1, 0.15) is 12.0 Å². The number of anilines is 1.